The van der Waals surface area contributed by atoms with Crippen LogP contribution in [0.3, 0.4) is 0 Å². The van der Waals surface area contributed by atoms with Crippen molar-refractivity contribution in [1.29, 1.82) is 0 Å². The van der Waals surface area contributed by atoms with Gasteiger partial charge in [-0.25, -0.2) is 4.99 Å². The summed E-state index contributed by atoms with van der Waals surface area (Å²) in [7, 11) is 1.61. The van der Waals surface area contributed by atoms with Crippen LogP contribution in [0.2, 0.25) is 0 Å². The molecule has 1 aliphatic heterocycles. The zero-order chi connectivity index (χ0) is 16.8. The maximum atomic E-state index is 5.96. The molecule has 0 radical (unpaired) electrons. The molecule has 0 bridgehead atoms. The van der Waals surface area contributed by atoms with Gasteiger partial charge in [-0.2, -0.15) is 0 Å². The van der Waals surface area contributed by atoms with Gasteiger partial charge in [-0.3, -0.25) is 4.98 Å². The Hall–Kier alpha value is -2.23. The monoisotopic (exact) mass is 456 g/mol. The first-order valence-corrected chi connectivity index (χ1v) is 7.70. The molecule has 8 heteroatoms. The Morgan fingerprint density at radius 3 is 2.88 bits per heavy atom. The number of fused-ring (bicyclic) bond motifs is 1. The van der Waals surface area contributed by atoms with Crippen molar-refractivity contribution in [2.45, 2.75) is 13.0 Å². The normalized spacial score (nSPS) is 13.4. The predicted molar refractivity (Wildman–Crippen MR) is 107 cm³/mol. The SMILES string of the molecule is COc1ccncc1CN=C(N)Nc1ccc2c(c1)OCCCO2.I. The number of anilines is 1. The molecule has 3 N–H and O–H groups in total. The zero-order valence-corrected chi connectivity index (χ0v) is 16.2. The number of guanidine groups is 1. The highest BCUT2D eigenvalue weighted by Gasteiger charge is 2.11. The van der Waals surface area contributed by atoms with E-state index in [9.17, 15) is 0 Å². The minimum atomic E-state index is 0. The molecule has 0 saturated carbocycles. The van der Waals surface area contributed by atoms with Crippen molar-refractivity contribution < 1.29 is 14.2 Å². The summed E-state index contributed by atoms with van der Waals surface area (Å²) in [6, 6.07) is 7.38. The summed E-state index contributed by atoms with van der Waals surface area (Å²) < 4.78 is 16.5. The second-order valence-corrected chi connectivity index (χ2v) is 5.23. The third-order valence-electron chi connectivity index (χ3n) is 3.52. The first-order chi connectivity index (χ1) is 11.8. The smallest absolute Gasteiger partial charge is 0.193 e. The lowest BCUT2D eigenvalue weighted by molar-refractivity contribution is 0.297. The Bertz CT molecular complexity index is 740. The van der Waals surface area contributed by atoms with Crippen molar-refractivity contribution in [3.63, 3.8) is 0 Å². The van der Waals surface area contributed by atoms with Crippen molar-refractivity contribution >= 4 is 35.6 Å². The molecule has 0 saturated heterocycles. The van der Waals surface area contributed by atoms with Crippen molar-refractivity contribution in [3.05, 3.63) is 42.2 Å². The summed E-state index contributed by atoms with van der Waals surface area (Å²) in [5.74, 6) is 2.49. The molecular formula is C17H21IN4O3. The van der Waals surface area contributed by atoms with Gasteiger partial charge in [0.2, 0.25) is 0 Å². The maximum Gasteiger partial charge on any atom is 0.193 e. The number of hydrogen-bond acceptors (Lipinski definition) is 5. The van der Waals surface area contributed by atoms with Gasteiger partial charge in [0.05, 0.1) is 26.9 Å². The van der Waals surface area contributed by atoms with E-state index in [1.807, 2.05) is 18.2 Å². The molecule has 134 valence electrons. The highest BCUT2D eigenvalue weighted by Crippen LogP contribution is 2.32. The number of pyridine rings is 1. The van der Waals surface area contributed by atoms with Crippen molar-refractivity contribution in [3.8, 4) is 17.2 Å². The van der Waals surface area contributed by atoms with Crippen LogP contribution in [-0.4, -0.2) is 31.3 Å². The van der Waals surface area contributed by atoms with Gasteiger partial charge in [0, 0.05) is 36.1 Å². The molecule has 2 aromatic rings. The van der Waals surface area contributed by atoms with Crippen LogP contribution in [-0.2, 0) is 6.54 Å². The average molecular weight is 456 g/mol. The number of benzene rings is 1. The van der Waals surface area contributed by atoms with Crippen LogP contribution < -0.4 is 25.3 Å². The number of methoxy groups -OCH3 is 1. The Morgan fingerprint density at radius 1 is 1.28 bits per heavy atom. The van der Waals surface area contributed by atoms with E-state index in [1.165, 1.54) is 0 Å². The minimum Gasteiger partial charge on any atom is -0.496 e. The largest absolute Gasteiger partial charge is 0.496 e. The summed E-state index contributed by atoms with van der Waals surface area (Å²) in [6.45, 7) is 1.68. The standard InChI is InChI=1S/C17H20N4O3.HI/c1-22-14-5-6-19-10-12(14)11-20-17(18)21-13-3-4-15-16(9-13)24-8-2-7-23-15;/h3-6,9-10H,2,7-8,11H2,1H3,(H3,18,20,21);1H. The van der Waals surface area contributed by atoms with Gasteiger partial charge in [0.1, 0.15) is 5.75 Å². The van der Waals surface area contributed by atoms with E-state index < -0.39 is 0 Å². The number of nitrogens with one attached hydrogen (secondary N) is 1. The maximum absolute atomic E-state index is 5.96. The molecule has 0 unspecified atom stereocenters. The van der Waals surface area contributed by atoms with Crippen molar-refractivity contribution in [2.24, 2.45) is 10.7 Å². The van der Waals surface area contributed by atoms with Crippen LogP contribution in [0, 0.1) is 0 Å². The Balaban J connectivity index is 0.00000225. The van der Waals surface area contributed by atoms with Crippen LogP contribution in [0.1, 0.15) is 12.0 Å². The molecule has 2 heterocycles. The van der Waals surface area contributed by atoms with Crippen LogP contribution in [0.25, 0.3) is 0 Å². The lowest BCUT2D eigenvalue weighted by Gasteiger charge is -2.11. The first kappa shape index (κ1) is 19.1. The van der Waals surface area contributed by atoms with E-state index in [0.29, 0.717) is 31.5 Å². The van der Waals surface area contributed by atoms with Gasteiger partial charge in [-0.15, -0.1) is 24.0 Å². The van der Waals surface area contributed by atoms with E-state index in [1.54, 1.807) is 25.6 Å². The Morgan fingerprint density at radius 2 is 2.08 bits per heavy atom. The van der Waals surface area contributed by atoms with E-state index >= 15 is 0 Å². The van der Waals surface area contributed by atoms with Crippen molar-refractivity contribution in [2.75, 3.05) is 25.6 Å². The van der Waals surface area contributed by atoms with Crippen LogP contribution in [0.15, 0.2) is 41.7 Å². The van der Waals surface area contributed by atoms with Gasteiger partial charge in [0.25, 0.3) is 0 Å². The molecule has 7 nitrogen and oxygen atoms in total. The van der Waals surface area contributed by atoms with Crippen LogP contribution in [0.5, 0.6) is 17.2 Å². The van der Waals surface area contributed by atoms with Crippen LogP contribution in [0.4, 0.5) is 5.69 Å². The lowest BCUT2D eigenvalue weighted by atomic mass is 10.2. The molecule has 3 rings (SSSR count). The second kappa shape index (κ2) is 9.30. The van der Waals surface area contributed by atoms with Gasteiger partial charge < -0.3 is 25.3 Å². The molecule has 0 atom stereocenters. The quantitative estimate of drug-likeness (QED) is 0.418. The number of nitrogens with zero attached hydrogens (tertiary/aromatic N) is 2. The molecule has 1 aromatic carbocycles. The zero-order valence-electron chi connectivity index (χ0n) is 13.9. The van der Waals surface area contributed by atoms with E-state index in [4.69, 9.17) is 19.9 Å². The molecular weight excluding hydrogens is 435 g/mol. The molecule has 0 fully saturated rings. The number of aromatic nitrogens is 1. The van der Waals surface area contributed by atoms with Gasteiger partial charge in [-0.1, -0.05) is 0 Å². The fourth-order valence-electron chi connectivity index (χ4n) is 2.33. The highest BCUT2D eigenvalue weighted by atomic mass is 127. The summed E-state index contributed by atoms with van der Waals surface area (Å²) in [6.07, 6.45) is 4.25. The van der Waals surface area contributed by atoms with Crippen molar-refractivity contribution in [1.82, 2.24) is 4.98 Å². The number of aliphatic imine (C=N–C) groups is 1. The average Bonchev–Trinajstić information content (AvgIpc) is 2.85. The Labute approximate surface area is 163 Å². The minimum absolute atomic E-state index is 0. The highest BCUT2D eigenvalue weighted by molar-refractivity contribution is 14.0. The first-order valence-electron chi connectivity index (χ1n) is 7.70. The number of halogens is 1. The van der Waals surface area contributed by atoms with Gasteiger partial charge >= 0.3 is 0 Å². The lowest BCUT2D eigenvalue weighted by Crippen LogP contribution is -2.22. The van der Waals surface area contributed by atoms with Gasteiger partial charge in [0.15, 0.2) is 17.5 Å². The molecule has 0 spiro atoms. The molecule has 0 aliphatic carbocycles. The van der Waals surface area contributed by atoms with E-state index in [0.717, 1.165) is 29.2 Å². The van der Waals surface area contributed by atoms with E-state index in [-0.39, 0.29) is 24.0 Å². The molecule has 1 aliphatic rings. The Kier molecular flexibility index (Phi) is 7.11. The topological polar surface area (TPSA) is 91.0 Å². The number of ether oxygens (including phenoxy) is 3. The fraction of sp³-hybridized carbons (Fsp3) is 0.294. The molecule has 0 amide bonds. The summed E-state index contributed by atoms with van der Waals surface area (Å²) >= 11 is 0. The third kappa shape index (κ3) is 5.12. The number of rotatable bonds is 4. The summed E-state index contributed by atoms with van der Waals surface area (Å²) in [4.78, 5) is 8.39. The number of nitrogens with two attached hydrogens (primary N) is 1. The third-order valence-corrected chi connectivity index (χ3v) is 3.52. The second-order valence-electron chi connectivity index (χ2n) is 5.23. The summed E-state index contributed by atoms with van der Waals surface area (Å²) in [5, 5.41) is 3.05. The molecule has 25 heavy (non-hydrogen) atoms. The number of hydrogen-bond donors (Lipinski definition) is 2. The fourth-order valence-corrected chi connectivity index (χ4v) is 2.33. The van der Waals surface area contributed by atoms with E-state index in [2.05, 4.69) is 15.3 Å². The van der Waals surface area contributed by atoms with Crippen LogP contribution >= 0.6 is 24.0 Å². The summed E-state index contributed by atoms with van der Waals surface area (Å²) in [5.41, 5.74) is 7.61. The predicted octanol–water partition coefficient (Wildman–Crippen LogP) is 2.80. The van der Waals surface area contributed by atoms with Gasteiger partial charge in [-0.05, 0) is 18.2 Å². The molecule has 1 aromatic heterocycles.